The molecule has 0 saturated carbocycles. The maximum atomic E-state index is 12.7. The van der Waals surface area contributed by atoms with Gasteiger partial charge in [-0.3, -0.25) is 4.79 Å². The van der Waals surface area contributed by atoms with E-state index in [9.17, 15) is 4.79 Å². The summed E-state index contributed by atoms with van der Waals surface area (Å²) in [5, 5.41) is 1.04. The molecule has 3 aromatic rings. The van der Waals surface area contributed by atoms with Gasteiger partial charge in [0.05, 0.1) is 36.4 Å². The van der Waals surface area contributed by atoms with Crippen LogP contribution in [-0.4, -0.2) is 36.1 Å². The van der Waals surface area contributed by atoms with Gasteiger partial charge in [-0.15, -0.1) is 11.3 Å². The van der Waals surface area contributed by atoms with Crippen molar-refractivity contribution >= 4 is 27.5 Å². The Morgan fingerprint density at radius 3 is 2.74 bits per heavy atom. The molecule has 4 rings (SSSR count). The number of hydrogen-bond acceptors (Lipinski definition) is 5. The van der Waals surface area contributed by atoms with Gasteiger partial charge in [0, 0.05) is 6.54 Å². The lowest BCUT2D eigenvalue weighted by molar-refractivity contribution is -0.132. The summed E-state index contributed by atoms with van der Waals surface area (Å²) in [4.78, 5) is 19.5. The molecule has 0 spiro atoms. The van der Waals surface area contributed by atoms with Crippen molar-refractivity contribution in [2.45, 2.75) is 25.3 Å². The Morgan fingerprint density at radius 2 is 1.96 bits per heavy atom. The van der Waals surface area contributed by atoms with Gasteiger partial charge < -0.3 is 14.4 Å². The average Bonchev–Trinajstić information content (AvgIpc) is 3.35. The molecular weight excluding hydrogens is 360 g/mol. The highest BCUT2D eigenvalue weighted by Crippen LogP contribution is 2.36. The minimum absolute atomic E-state index is 0.0934. The van der Waals surface area contributed by atoms with Crippen LogP contribution < -0.4 is 9.47 Å². The first-order valence-corrected chi connectivity index (χ1v) is 9.98. The van der Waals surface area contributed by atoms with Crippen LogP contribution in [0.25, 0.3) is 10.2 Å². The van der Waals surface area contributed by atoms with E-state index in [-0.39, 0.29) is 11.9 Å². The number of benzene rings is 2. The lowest BCUT2D eigenvalue weighted by atomic mass is 10.2. The fourth-order valence-electron chi connectivity index (χ4n) is 3.43. The largest absolute Gasteiger partial charge is 0.497 e. The van der Waals surface area contributed by atoms with Gasteiger partial charge in [0.2, 0.25) is 5.91 Å². The van der Waals surface area contributed by atoms with Crippen LogP contribution in [0.5, 0.6) is 11.5 Å². The second kappa shape index (κ2) is 7.96. The predicted molar refractivity (Wildman–Crippen MR) is 106 cm³/mol. The maximum absolute atomic E-state index is 12.7. The summed E-state index contributed by atoms with van der Waals surface area (Å²) in [7, 11) is 1.63. The van der Waals surface area contributed by atoms with E-state index in [1.54, 1.807) is 18.4 Å². The smallest absolute Gasteiger partial charge is 0.226 e. The molecule has 27 heavy (non-hydrogen) atoms. The van der Waals surface area contributed by atoms with Crippen molar-refractivity contribution in [3.63, 3.8) is 0 Å². The second-order valence-corrected chi connectivity index (χ2v) is 7.60. The van der Waals surface area contributed by atoms with Crippen LogP contribution in [-0.2, 0) is 4.79 Å². The van der Waals surface area contributed by atoms with Gasteiger partial charge in [-0.1, -0.05) is 12.1 Å². The monoisotopic (exact) mass is 382 g/mol. The van der Waals surface area contributed by atoms with Crippen molar-refractivity contribution < 1.29 is 14.3 Å². The predicted octanol–water partition coefficient (Wildman–Crippen LogP) is 4.44. The summed E-state index contributed by atoms with van der Waals surface area (Å²) >= 11 is 1.69. The number of aromatic nitrogens is 1. The Labute approximate surface area is 162 Å². The van der Waals surface area contributed by atoms with E-state index in [2.05, 4.69) is 6.07 Å². The normalized spacial score (nSPS) is 16.6. The number of likely N-dealkylation sites (tertiary alicyclic amines) is 1. The molecule has 0 unspecified atom stereocenters. The van der Waals surface area contributed by atoms with E-state index in [0.717, 1.165) is 41.4 Å². The summed E-state index contributed by atoms with van der Waals surface area (Å²) in [6.45, 7) is 1.16. The number of carbonyl (C=O) groups is 1. The van der Waals surface area contributed by atoms with Crippen molar-refractivity contribution in [1.29, 1.82) is 0 Å². The number of methoxy groups -OCH3 is 1. The quantitative estimate of drug-likeness (QED) is 0.633. The second-order valence-electron chi connectivity index (χ2n) is 6.54. The molecule has 140 valence electrons. The zero-order valence-electron chi connectivity index (χ0n) is 15.3. The minimum atomic E-state index is 0.0934. The standard InChI is InChI=1S/C21H22N2O3S/c1-25-15-8-10-16(11-9-15)26-14-12-20(24)23-13-4-6-18(23)21-22-17-5-2-3-7-19(17)27-21/h2-3,5,7-11,18H,4,6,12-14H2,1H3/t18-/m1/s1. The Hall–Kier alpha value is -2.60. The molecule has 0 radical (unpaired) electrons. The van der Waals surface area contributed by atoms with Crippen LogP contribution in [0.1, 0.15) is 30.3 Å². The van der Waals surface area contributed by atoms with E-state index in [1.807, 2.05) is 47.4 Å². The lowest BCUT2D eigenvalue weighted by Gasteiger charge is -2.23. The van der Waals surface area contributed by atoms with Gasteiger partial charge in [-0.25, -0.2) is 4.98 Å². The van der Waals surface area contributed by atoms with Crippen LogP contribution in [0.3, 0.4) is 0 Å². The number of hydrogen-bond donors (Lipinski definition) is 0. The van der Waals surface area contributed by atoms with Crippen LogP contribution >= 0.6 is 11.3 Å². The molecule has 1 aliphatic rings. The van der Waals surface area contributed by atoms with Crippen LogP contribution in [0.15, 0.2) is 48.5 Å². The van der Waals surface area contributed by atoms with Gasteiger partial charge in [-0.2, -0.15) is 0 Å². The molecule has 2 heterocycles. The molecule has 6 heteroatoms. The SMILES string of the molecule is COc1ccc(OCCC(=O)N2CCC[C@@H]2c2nc3ccccc3s2)cc1. The van der Waals surface area contributed by atoms with Gasteiger partial charge >= 0.3 is 0 Å². The summed E-state index contributed by atoms with van der Waals surface area (Å²) < 4.78 is 12.0. The molecule has 0 N–H and O–H groups in total. The average molecular weight is 382 g/mol. The molecule has 1 fully saturated rings. The number of nitrogens with zero attached hydrogens (tertiary/aromatic N) is 2. The molecule has 5 nitrogen and oxygen atoms in total. The maximum Gasteiger partial charge on any atom is 0.226 e. The molecular formula is C21H22N2O3S. The molecule has 0 aliphatic carbocycles. The third-order valence-electron chi connectivity index (χ3n) is 4.81. The van der Waals surface area contributed by atoms with E-state index in [1.165, 1.54) is 4.70 Å². The Bertz CT molecular complexity index is 890. The lowest BCUT2D eigenvalue weighted by Crippen LogP contribution is -2.31. The topological polar surface area (TPSA) is 51.7 Å². The number of amides is 1. The zero-order valence-corrected chi connectivity index (χ0v) is 16.1. The summed E-state index contributed by atoms with van der Waals surface area (Å²) in [5.41, 5.74) is 1.01. The Morgan fingerprint density at radius 1 is 1.19 bits per heavy atom. The summed E-state index contributed by atoms with van der Waals surface area (Å²) in [6.07, 6.45) is 2.37. The number of ether oxygens (including phenoxy) is 2. The highest BCUT2D eigenvalue weighted by Gasteiger charge is 2.31. The summed E-state index contributed by atoms with van der Waals surface area (Å²) in [6, 6.07) is 15.6. The van der Waals surface area contributed by atoms with E-state index < -0.39 is 0 Å². The third-order valence-corrected chi connectivity index (χ3v) is 5.95. The van der Waals surface area contributed by atoms with Gasteiger partial charge in [0.1, 0.15) is 16.5 Å². The number of rotatable bonds is 6. The molecule has 0 bridgehead atoms. The molecule has 1 aliphatic heterocycles. The molecule has 1 atom stereocenters. The molecule has 1 amide bonds. The van der Waals surface area contributed by atoms with Crippen molar-refractivity contribution in [1.82, 2.24) is 9.88 Å². The van der Waals surface area contributed by atoms with Gasteiger partial charge in [0.15, 0.2) is 0 Å². The first-order chi connectivity index (χ1) is 13.2. The van der Waals surface area contributed by atoms with E-state index >= 15 is 0 Å². The zero-order chi connectivity index (χ0) is 18.6. The van der Waals surface area contributed by atoms with Gasteiger partial charge in [-0.05, 0) is 49.2 Å². The van der Waals surface area contributed by atoms with E-state index in [4.69, 9.17) is 14.5 Å². The Kier molecular flexibility index (Phi) is 5.25. The van der Waals surface area contributed by atoms with Crippen LogP contribution in [0.2, 0.25) is 0 Å². The van der Waals surface area contributed by atoms with Crippen molar-refractivity contribution in [2.24, 2.45) is 0 Å². The first-order valence-electron chi connectivity index (χ1n) is 9.16. The van der Waals surface area contributed by atoms with Crippen molar-refractivity contribution in [2.75, 3.05) is 20.3 Å². The number of carbonyl (C=O) groups excluding carboxylic acids is 1. The third kappa shape index (κ3) is 3.90. The number of thiazole rings is 1. The fraction of sp³-hybridized carbons (Fsp3) is 0.333. The summed E-state index contributed by atoms with van der Waals surface area (Å²) in [5.74, 6) is 1.66. The first kappa shape index (κ1) is 17.8. The van der Waals surface area contributed by atoms with Crippen LogP contribution in [0, 0.1) is 0 Å². The van der Waals surface area contributed by atoms with Crippen LogP contribution in [0.4, 0.5) is 0 Å². The van der Waals surface area contributed by atoms with Gasteiger partial charge in [0.25, 0.3) is 0 Å². The Balaban J connectivity index is 1.37. The van der Waals surface area contributed by atoms with Crippen molar-refractivity contribution in [3.05, 3.63) is 53.5 Å². The molecule has 2 aromatic carbocycles. The minimum Gasteiger partial charge on any atom is -0.497 e. The molecule has 1 aromatic heterocycles. The number of para-hydroxylation sites is 1. The number of fused-ring (bicyclic) bond motifs is 1. The highest BCUT2D eigenvalue weighted by molar-refractivity contribution is 7.18. The molecule has 1 saturated heterocycles. The van der Waals surface area contributed by atoms with Crippen molar-refractivity contribution in [3.8, 4) is 11.5 Å². The van der Waals surface area contributed by atoms with E-state index in [0.29, 0.717) is 13.0 Å². The fourth-order valence-corrected chi connectivity index (χ4v) is 4.54. The highest BCUT2D eigenvalue weighted by atomic mass is 32.1.